The summed E-state index contributed by atoms with van der Waals surface area (Å²) in [5.74, 6) is 0.00436. The number of hydrogen-bond donors (Lipinski definition) is 1. The number of nitrogens with zero attached hydrogens (tertiary/aromatic N) is 1. The van der Waals surface area contributed by atoms with Gasteiger partial charge in [0.25, 0.3) is 5.69 Å². The number of amides is 1. The van der Waals surface area contributed by atoms with Crippen LogP contribution < -0.4 is 10.5 Å². The summed E-state index contributed by atoms with van der Waals surface area (Å²) in [6, 6.07) is 4.25. The van der Waals surface area contributed by atoms with Crippen LogP contribution in [0.15, 0.2) is 18.2 Å². The quantitative estimate of drug-likeness (QED) is 0.472. The molecule has 1 aromatic carbocycles. The van der Waals surface area contributed by atoms with Crippen LogP contribution in [0.25, 0.3) is 0 Å². The van der Waals surface area contributed by atoms with Crippen molar-refractivity contribution in [3.63, 3.8) is 0 Å². The zero-order valence-electron chi connectivity index (χ0n) is 8.89. The predicted molar refractivity (Wildman–Crippen MR) is 62.2 cm³/mol. The summed E-state index contributed by atoms with van der Waals surface area (Å²) >= 11 is 5.43. The van der Waals surface area contributed by atoms with Crippen LogP contribution in [-0.2, 0) is 11.2 Å². The van der Waals surface area contributed by atoms with E-state index in [0.29, 0.717) is 5.75 Å². The third kappa shape index (κ3) is 3.92. The van der Waals surface area contributed by atoms with Crippen LogP contribution in [-0.4, -0.2) is 23.3 Å². The number of hydrogen-bond acceptors (Lipinski definition) is 4. The Balaban J connectivity index is 2.99. The van der Waals surface area contributed by atoms with Crippen LogP contribution in [0.3, 0.4) is 0 Å². The minimum atomic E-state index is -0.623. The van der Waals surface area contributed by atoms with E-state index in [0.717, 1.165) is 0 Å². The number of primary amides is 1. The van der Waals surface area contributed by atoms with Crippen LogP contribution in [0.2, 0.25) is 0 Å². The first-order valence-electron chi connectivity index (χ1n) is 4.79. The van der Waals surface area contributed by atoms with E-state index in [4.69, 9.17) is 22.1 Å². The van der Waals surface area contributed by atoms with Crippen LogP contribution >= 0.6 is 11.6 Å². The molecular weight excluding hydrogens is 248 g/mol. The van der Waals surface area contributed by atoms with Gasteiger partial charge in [-0.15, -0.1) is 11.6 Å². The van der Waals surface area contributed by atoms with Gasteiger partial charge in [0.1, 0.15) is 12.4 Å². The smallest absolute Gasteiger partial charge is 0.276 e. The van der Waals surface area contributed by atoms with E-state index in [1.807, 2.05) is 0 Å². The summed E-state index contributed by atoms with van der Waals surface area (Å²) in [4.78, 5) is 21.0. The van der Waals surface area contributed by atoms with Gasteiger partial charge in [-0.2, -0.15) is 0 Å². The molecule has 7 heteroatoms. The van der Waals surface area contributed by atoms with E-state index < -0.39 is 10.8 Å². The van der Waals surface area contributed by atoms with Crippen molar-refractivity contribution < 1.29 is 14.5 Å². The lowest BCUT2D eigenvalue weighted by atomic mass is 10.1. The highest BCUT2D eigenvalue weighted by Gasteiger charge is 2.16. The molecule has 0 heterocycles. The predicted octanol–water partition coefficient (Wildman–Crippen LogP) is 1.24. The van der Waals surface area contributed by atoms with Crippen molar-refractivity contribution in [3.8, 4) is 5.75 Å². The largest absolute Gasteiger partial charge is 0.492 e. The average Bonchev–Trinajstić information content (AvgIpc) is 2.26. The fourth-order valence-corrected chi connectivity index (χ4v) is 1.37. The Hall–Kier alpha value is -1.82. The van der Waals surface area contributed by atoms with Gasteiger partial charge in [0.2, 0.25) is 5.91 Å². The fourth-order valence-electron chi connectivity index (χ4n) is 1.30. The molecule has 0 unspecified atom stereocenters. The molecule has 92 valence electrons. The molecule has 2 N–H and O–H groups in total. The van der Waals surface area contributed by atoms with Crippen LogP contribution in [0.4, 0.5) is 5.69 Å². The van der Waals surface area contributed by atoms with Crippen molar-refractivity contribution in [2.75, 3.05) is 12.5 Å². The first-order valence-corrected chi connectivity index (χ1v) is 5.32. The van der Waals surface area contributed by atoms with Gasteiger partial charge >= 0.3 is 0 Å². The number of carbonyl (C=O) groups is 1. The second-order valence-corrected chi connectivity index (χ2v) is 3.61. The van der Waals surface area contributed by atoms with Crippen molar-refractivity contribution in [2.45, 2.75) is 6.42 Å². The lowest BCUT2D eigenvalue weighted by molar-refractivity contribution is -0.385. The Morgan fingerprint density at radius 3 is 2.76 bits per heavy atom. The van der Waals surface area contributed by atoms with Crippen LogP contribution in [0.1, 0.15) is 5.56 Å². The van der Waals surface area contributed by atoms with Crippen LogP contribution in [0.5, 0.6) is 5.75 Å². The number of nitrogens with two attached hydrogens (primary N) is 1. The van der Waals surface area contributed by atoms with E-state index >= 15 is 0 Å². The Morgan fingerprint density at radius 1 is 1.53 bits per heavy atom. The monoisotopic (exact) mass is 258 g/mol. The normalized spacial score (nSPS) is 9.94. The van der Waals surface area contributed by atoms with Gasteiger partial charge in [0, 0.05) is 5.56 Å². The molecule has 1 aromatic rings. The highest BCUT2D eigenvalue weighted by atomic mass is 35.5. The highest BCUT2D eigenvalue weighted by molar-refractivity contribution is 6.18. The topological polar surface area (TPSA) is 95.5 Å². The maximum absolute atomic E-state index is 10.8. The summed E-state index contributed by atoms with van der Waals surface area (Å²) in [6.07, 6.45) is -0.175. The van der Waals surface area contributed by atoms with Gasteiger partial charge in [0.05, 0.1) is 23.3 Å². The molecule has 0 bridgehead atoms. The third-order valence-electron chi connectivity index (χ3n) is 1.96. The summed E-state index contributed by atoms with van der Waals surface area (Å²) in [5.41, 5.74) is 5.08. The van der Waals surface area contributed by atoms with Gasteiger partial charge in [-0.05, 0) is 12.1 Å². The molecule has 0 fully saturated rings. The van der Waals surface area contributed by atoms with Crippen molar-refractivity contribution in [1.29, 1.82) is 0 Å². The van der Waals surface area contributed by atoms with Gasteiger partial charge in [0.15, 0.2) is 0 Å². The highest BCUT2D eigenvalue weighted by Crippen LogP contribution is 2.25. The number of benzene rings is 1. The first-order chi connectivity index (χ1) is 8.04. The number of halogens is 1. The molecule has 0 saturated heterocycles. The first kappa shape index (κ1) is 13.2. The van der Waals surface area contributed by atoms with Crippen molar-refractivity contribution >= 4 is 23.2 Å². The van der Waals surface area contributed by atoms with Gasteiger partial charge in [-0.1, -0.05) is 0 Å². The maximum atomic E-state index is 10.8. The number of nitro groups is 1. The molecule has 1 amide bonds. The molecule has 0 aromatic heterocycles. The number of ether oxygens (including phenoxy) is 1. The summed E-state index contributed by atoms with van der Waals surface area (Å²) in [7, 11) is 0. The third-order valence-corrected chi connectivity index (χ3v) is 2.12. The van der Waals surface area contributed by atoms with E-state index in [2.05, 4.69) is 0 Å². The van der Waals surface area contributed by atoms with E-state index in [-0.39, 0.29) is 30.2 Å². The zero-order valence-corrected chi connectivity index (χ0v) is 9.64. The number of rotatable bonds is 6. The molecule has 0 aliphatic heterocycles. The molecule has 0 spiro atoms. The fraction of sp³-hybridized carbons (Fsp3) is 0.300. The van der Waals surface area contributed by atoms with E-state index in [1.54, 1.807) is 0 Å². The lowest BCUT2D eigenvalue weighted by Crippen LogP contribution is -2.14. The summed E-state index contributed by atoms with van der Waals surface area (Å²) in [6.45, 7) is 0.258. The molecule has 17 heavy (non-hydrogen) atoms. The molecule has 0 aliphatic rings. The lowest BCUT2D eigenvalue weighted by Gasteiger charge is -2.06. The van der Waals surface area contributed by atoms with Crippen molar-refractivity contribution in [3.05, 3.63) is 33.9 Å². The van der Waals surface area contributed by atoms with E-state index in [9.17, 15) is 14.9 Å². The standard InChI is InChI=1S/C10H11ClN2O4/c11-3-4-17-8-2-1-7(5-10(12)14)9(6-8)13(15)16/h1-2,6H,3-5H2,(H2,12,14). The number of alkyl halides is 1. The Kier molecular flexibility index (Phi) is 4.71. The Labute approximate surface area is 102 Å². The van der Waals surface area contributed by atoms with Crippen LogP contribution in [0, 0.1) is 10.1 Å². The number of carbonyl (C=O) groups excluding carboxylic acids is 1. The second-order valence-electron chi connectivity index (χ2n) is 3.23. The summed E-state index contributed by atoms with van der Waals surface area (Å²) < 4.78 is 5.15. The SMILES string of the molecule is NC(=O)Cc1ccc(OCCCl)cc1[N+](=O)[O-]. The Bertz CT molecular complexity index is 436. The minimum Gasteiger partial charge on any atom is -0.492 e. The maximum Gasteiger partial charge on any atom is 0.276 e. The molecule has 0 atom stereocenters. The number of nitro benzene ring substituents is 1. The molecule has 0 saturated carbocycles. The van der Waals surface area contributed by atoms with Crippen molar-refractivity contribution in [2.24, 2.45) is 5.73 Å². The van der Waals surface area contributed by atoms with Gasteiger partial charge in [-0.25, -0.2) is 0 Å². The Morgan fingerprint density at radius 2 is 2.24 bits per heavy atom. The minimum absolute atomic E-state index is 0.175. The molecule has 0 aliphatic carbocycles. The molecule has 6 nitrogen and oxygen atoms in total. The zero-order chi connectivity index (χ0) is 12.8. The average molecular weight is 259 g/mol. The van der Waals surface area contributed by atoms with Gasteiger partial charge < -0.3 is 10.5 Å². The summed E-state index contributed by atoms with van der Waals surface area (Å²) in [5, 5.41) is 10.8. The molecular formula is C10H11ClN2O4. The van der Waals surface area contributed by atoms with E-state index in [1.165, 1.54) is 18.2 Å². The van der Waals surface area contributed by atoms with Gasteiger partial charge in [-0.3, -0.25) is 14.9 Å². The second kappa shape index (κ2) is 6.05. The molecule has 0 radical (unpaired) electrons. The van der Waals surface area contributed by atoms with Crippen molar-refractivity contribution in [1.82, 2.24) is 0 Å². The molecule has 1 rings (SSSR count).